The Morgan fingerprint density at radius 2 is 1.21 bits per heavy atom. The van der Waals surface area contributed by atoms with Crippen LogP contribution in [-0.4, -0.2) is 13.0 Å². The van der Waals surface area contributed by atoms with Crippen molar-refractivity contribution in [3.63, 3.8) is 0 Å². The highest BCUT2D eigenvalue weighted by Gasteiger charge is 2.35. The molecule has 4 aromatic carbocycles. The maximum atomic E-state index is 14.9. The molecule has 0 radical (unpaired) electrons. The van der Waals surface area contributed by atoms with E-state index in [2.05, 4.69) is 5.92 Å². The van der Waals surface area contributed by atoms with Gasteiger partial charge in [0.25, 0.3) is 10.1 Å². The summed E-state index contributed by atoms with van der Waals surface area (Å²) >= 11 is 0. The molecule has 218 valence electrons. The molecule has 0 heterocycles. The molecule has 14 heteroatoms. The molecule has 0 amide bonds. The Labute approximate surface area is 232 Å². The van der Waals surface area contributed by atoms with Crippen molar-refractivity contribution in [2.45, 2.75) is 18.7 Å². The van der Waals surface area contributed by atoms with Gasteiger partial charge < -0.3 is 9.47 Å². The fourth-order valence-corrected chi connectivity index (χ4v) is 4.42. The number of halogens is 8. The van der Waals surface area contributed by atoms with Crippen LogP contribution in [0.3, 0.4) is 0 Å². The fraction of sp³-hybridized carbons (Fsp3) is 0.0714. The Morgan fingerprint density at radius 1 is 0.690 bits per heavy atom. The minimum Gasteiger partial charge on any atom is -0.456 e. The van der Waals surface area contributed by atoms with Gasteiger partial charge >= 0.3 is 0 Å². The summed E-state index contributed by atoms with van der Waals surface area (Å²) in [4.78, 5) is -1.20. The summed E-state index contributed by atoms with van der Waals surface area (Å²) in [5.74, 6) is -19.8. The van der Waals surface area contributed by atoms with Gasteiger partial charge in [-0.05, 0) is 43.7 Å². The van der Waals surface area contributed by atoms with Crippen LogP contribution in [0.4, 0.5) is 35.1 Å². The highest BCUT2D eigenvalue weighted by molar-refractivity contribution is 7.86. The summed E-state index contributed by atoms with van der Waals surface area (Å²) in [6.45, 7) is 2.29. The van der Waals surface area contributed by atoms with Gasteiger partial charge in [-0.25, -0.2) is 26.3 Å². The lowest BCUT2D eigenvalue weighted by Crippen LogP contribution is -2.10. The van der Waals surface area contributed by atoms with E-state index in [0.29, 0.717) is 24.6 Å². The zero-order valence-corrected chi connectivity index (χ0v) is 21.9. The molecule has 0 aliphatic carbocycles. The molecular weight excluding hydrogens is 600 g/mol. The zero-order valence-electron chi connectivity index (χ0n) is 21.1. The molecule has 0 aliphatic rings. The SMILES string of the molecule is C#Cc1ccc(C)cc1Oc1ccc(Oc2c(F)c(F)c(-c3c(F)c(F)c(C)c(F)c3F)c(F)c2F)c(S(=O)(=O)O)c1. The summed E-state index contributed by atoms with van der Waals surface area (Å²) in [5, 5.41) is 0. The third-order valence-corrected chi connectivity index (χ3v) is 6.76. The van der Waals surface area contributed by atoms with Crippen LogP contribution in [-0.2, 0) is 10.1 Å². The number of ether oxygens (including phenoxy) is 2. The molecule has 4 aromatic rings. The maximum Gasteiger partial charge on any atom is 0.298 e. The third kappa shape index (κ3) is 5.24. The van der Waals surface area contributed by atoms with Crippen molar-refractivity contribution >= 4 is 10.1 Å². The van der Waals surface area contributed by atoms with Gasteiger partial charge in [-0.1, -0.05) is 12.0 Å². The molecule has 5 nitrogen and oxygen atoms in total. The number of terminal acetylenes is 1. The second kappa shape index (κ2) is 11.0. The lowest BCUT2D eigenvalue weighted by atomic mass is 9.99. The van der Waals surface area contributed by atoms with Crippen LogP contribution in [0.1, 0.15) is 16.7 Å². The molecule has 0 bridgehead atoms. The molecule has 0 saturated heterocycles. The number of benzene rings is 4. The van der Waals surface area contributed by atoms with Crippen LogP contribution in [0.2, 0.25) is 0 Å². The first-order valence-corrected chi connectivity index (χ1v) is 12.8. The fourth-order valence-electron chi connectivity index (χ4n) is 3.79. The molecule has 0 fully saturated rings. The molecule has 0 aromatic heterocycles. The first-order valence-electron chi connectivity index (χ1n) is 11.3. The van der Waals surface area contributed by atoms with Crippen LogP contribution in [0.15, 0.2) is 41.3 Å². The predicted molar refractivity (Wildman–Crippen MR) is 132 cm³/mol. The van der Waals surface area contributed by atoms with Crippen molar-refractivity contribution in [3.8, 4) is 46.5 Å². The van der Waals surface area contributed by atoms with Crippen molar-refractivity contribution in [3.05, 3.63) is 99.6 Å². The van der Waals surface area contributed by atoms with Gasteiger partial charge in [0.15, 0.2) is 34.9 Å². The van der Waals surface area contributed by atoms with E-state index in [1.165, 1.54) is 12.1 Å². The van der Waals surface area contributed by atoms with Gasteiger partial charge in [-0.3, -0.25) is 4.55 Å². The van der Waals surface area contributed by atoms with Crippen LogP contribution >= 0.6 is 0 Å². The molecule has 0 aliphatic heterocycles. The van der Waals surface area contributed by atoms with Crippen LogP contribution in [0.5, 0.6) is 23.0 Å². The Morgan fingerprint density at radius 3 is 1.71 bits per heavy atom. The Kier molecular flexibility index (Phi) is 7.94. The monoisotopic (exact) mass is 614 g/mol. The molecule has 0 spiro atoms. The average molecular weight is 614 g/mol. The van der Waals surface area contributed by atoms with E-state index < -0.39 is 89.7 Å². The molecule has 0 saturated carbocycles. The van der Waals surface area contributed by atoms with Crippen LogP contribution < -0.4 is 9.47 Å². The summed E-state index contributed by atoms with van der Waals surface area (Å²) in [6.07, 6.45) is 5.40. The van der Waals surface area contributed by atoms with E-state index >= 15 is 0 Å². The van der Waals surface area contributed by atoms with Gasteiger partial charge in [0.2, 0.25) is 17.4 Å². The standard InChI is InChI=1S/C28H14F8O5S/c1-4-13-6-5-11(2)9-16(13)40-14-7-8-15(17(10-14)42(37,38)39)41-28-26(35)24(33)19(25(34)27(28)36)18-22(31)20(29)12(3)21(30)23(18)32/h1,5-10H,2-3H3,(H,37,38,39). The summed E-state index contributed by atoms with van der Waals surface area (Å²) in [7, 11) is -5.27. The maximum absolute atomic E-state index is 14.9. The minimum atomic E-state index is -5.27. The first kappa shape index (κ1) is 30.4. The zero-order chi connectivity index (χ0) is 31.3. The van der Waals surface area contributed by atoms with Crippen molar-refractivity contribution in [2.24, 2.45) is 0 Å². The van der Waals surface area contributed by atoms with Crippen molar-refractivity contribution in [2.75, 3.05) is 0 Å². The third-order valence-electron chi connectivity index (χ3n) is 5.88. The molecule has 0 atom stereocenters. The second-order valence-corrected chi connectivity index (χ2v) is 10.0. The Balaban J connectivity index is 1.85. The van der Waals surface area contributed by atoms with E-state index in [4.69, 9.17) is 15.9 Å². The first-order chi connectivity index (χ1) is 19.6. The summed E-state index contributed by atoms with van der Waals surface area (Å²) in [6, 6.07) is 6.96. The summed E-state index contributed by atoms with van der Waals surface area (Å²) in [5.41, 5.74) is -4.51. The lowest BCUT2D eigenvalue weighted by Gasteiger charge is -2.16. The normalized spacial score (nSPS) is 11.4. The molecule has 1 N–H and O–H groups in total. The van der Waals surface area contributed by atoms with Gasteiger partial charge in [0.05, 0.1) is 16.7 Å². The molecule has 42 heavy (non-hydrogen) atoms. The smallest absolute Gasteiger partial charge is 0.298 e. The highest BCUT2D eigenvalue weighted by Crippen LogP contribution is 2.42. The van der Waals surface area contributed by atoms with Gasteiger partial charge in [0, 0.05) is 11.6 Å². The van der Waals surface area contributed by atoms with Crippen molar-refractivity contribution in [1.29, 1.82) is 0 Å². The predicted octanol–water partition coefficient (Wildman–Crippen LogP) is 7.90. The van der Waals surface area contributed by atoms with E-state index in [1.807, 2.05) is 0 Å². The minimum absolute atomic E-state index is 0.0766. The van der Waals surface area contributed by atoms with E-state index in [0.717, 1.165) is 6.07 Å². The van der Waals surface area contributed by atoms with Gasteiger partial charge in [-0.15, -0.1) is 6.42 Å². The average Bonchev–Trinajstić information content (AvgIpc) is 2.94. The van der Waals surface area contributed by atoms with Crippen molar-refractivity contribution in [1.82, 2.24) is 0 Å². The second-order valence-electron chi connectivity index (χ2n) is 8.65. The van der Waals surface area contributed by atoms with Crippen molar-refractivity contribution < 1.29 is 57.6 Å². The number of rotatable bonds is 6. The highest BCUT2D eigenvalue weighted by atomic mass is 32.2. The topological polar surface area (TPSA) is 72.8 Å². The molecular formula is C28H14F8O5S. The van der Waals surface area contributed by atoms with Gasteiger partial charge in [0.1, 0.15) is 22.1 Å². The van der Waals surface area contributed by atoms with Gasteiger partial charge in [-0.2, -0.15) is 17.2 Å². The van der Waals surface area contributed by atoms with Crippen LogP contribution in [0.25, 0.3) is 11.1 Å². The summed E-state index contributed by atoms with van der Waals surface area (Å²) < 4.78 is 161. The number of hydrogen-bond donors (Lipinski definition) is 1. The van der Waals surface area contributed by atoms with Crippen LogP contribution in [0, 0.1) is 72.7 Å². The largest absolute Gasteiger partial charge is 0.456 e. The molecule has 0 unspecified atom stereocenters. The lowest BCUT2D eigenvalue weighted by molar-refractivity contribution is 0.359. The van der Waals surface area contributed by atoms with E-state index in [1.54, 1.807) is 13.0 Å². The quantitative estimate of drug-likeness (QED) is 0.104. The number of aryl methyl sites for hydroxylation is 1. The Hall–Kier alpha value is -4.61. The Bertz CT molecular complexity index is 1880. The van der Waals surface area contributed by atoms with E-state index in [9.17, 15) is 48.1 Å². The molecule has 4 rings (SSSR count). The van der Waals surface area contributed by atoms with E-state index in [-0.39, 0.29) is 17.1 Å². The number of hydrogen-bond acceptors (Lipinski definition) is 4.